The Balaban J connectivity index is 1.62. The number of sulfone groups is 1. The Morgan fingerprint density at radius 3 is 2.42 bits per heavy atom. The second-order valence-electron chi connectivity index (χ2n) is 7.71. The van der Waals surface area contributed by atoms with Crippen LogP contribution in [0.3, 0.4) is 0 Å². The maximum atomic E-state index is 13.2. The molecule has 4 aromatic rings. The average molecular weight is 465 g/mol. The van der Waals surface area contributed by atoms with Crippen LogP contribution in [0.25, 0.3) is 10.9 Å². The molecule has 1 heterocycles. The molecule has 0 saturated heterocycles. The molecule has 1 amide bonds. The molecule has 4 rings (SSSR count). The van der Waals surface area contributed by atoms with Crippen molar-refractivity contribution in [3.63, 3.8) is 0 Å². The molecular formula is C25H21FN2O4S. The second-order valence-corrected chi connectivity index (χ2v) is 9.67. The number of para-hydroxylation sites is 1. The summed E-state index contributed by atoms with van der Waals surface area (Å²) in [7, 11) is -3.75. The van der Waals surface area contributed by atoms with E-state index in [0.29, 0.717) is 27.7 Å². The molecule has 0 aliphatic heterocycles. The number of nitrogens with one attached hydrogen (secondary N) is 1. The number of carbonyl (C=O) groups excluding carboxylic acids is 2. The van der Waals surface area contributed by atoms with Gasteiger partial charge in [-0.2, -0.15) is 0 Å². The number of rotatable bonds is 7. The predicted molar refractivity (Wildman–Crippen MR) is 124 cm³/mol. The normalized spacial score (nSPS) is 11.5. The topological polar surface area (TPSA) is 85.2 Å². The van der Waals surface area contributed by atoms with Gasteiger partial charge in [0.1, 0.15) is 12.4 Å². The second kappa shape index (κ2) is 8.99. The fourth-order valence-electron chi connectivity index (χ4n) is 3.64. The van der Waals surface area contributed by atoms with Gasteiger partial charge in [-0.1, -0.05) is 42.5 Å². The fraction of sp³-hybridized carbons (Fsp3) is 0.120. The SMILES string of the molecule is CC(=O)c1cccc(NC(=O)Cn2cc(S(=O)(=O)Cc3ccc(F)cc3)c3ccccc32)c1. The van der Waals surface area contributed by atoms with Gasteiger partial charge in [0.15, 0.2) is 15.6 Å². The number of carbonyl (C=O) groups is 2. The highest BCUT2D eigenvalue weighted by Gasteiger charge is 2.22. The van der Waals surface area contributed by atoms with Crippen LogP contribution in [0.4, 0.5) is 10.1 Å². The number of Topliss-reactive ketones (excluding diaryl/α,β-unsaturated/α-hetero) is 1. The largest absolute Gasteiger partial charge is 0.337 e. The lowest BCUT2D eigenvalue weighted by Crippen LogP contribution is -2.18. The summed E-state index contributed by atoms with van der Waals surface area (Å²) in [5, 5.41) is 3.25. The molecular weight excluding hydrogens is 443 g/mol. The zero-order valence-electron chi connectivity index (χ0n) is 17.8. The summed E-state index contributed by atoms with van der Waals surface area (Å²) in [6.07, 6.45) is 1.45. The van der Waals surface area contributed by atoms with E-state index in [1.165, 1.54) is 37.4 Å². The van der Waals surface area contributed by atoms with Crippen LogP contribution in [0.5, 0.6) is 0 Å². The van der Waals surface area contributed by atoms with Crippen molar-refractivity contribution >= 4 is 38.1 Å². The van der Waals surface area contributed by atoms with Crippen molar-refractivity contribution < 1.29 is 22.4 Å². The van der Waals surface area contributed by atoms with Crippen molar-refractivity contribution in [3.05, 3.63) is 95.9 Å². The molecule has 6 nitrogen and oxygen atoms in total. The van der Waals surface area contributed by atoms with Gasteiger partial charge < -0.3 is 9.88 Å². The van der Waals surface area contributed by atoms with E-state index in [-0.39, 0.29) is 28.9 Å². The van der Waals surface area contributed by atoms with E-state index in [4.69, 9.17) is 0 Å². The molecule has 3 aromatic carbocycles. The van der Waals surface area contributed by atoms with Crippen molar-refractivity contribution in [2.75, 3.05) is 5.32 Å². The molecule has 0 bridgehead atoms. The molecule has 1 N–H and O–H groups in total. The number of anilines is 1. The first-order valence-electron chi connectivity index (χ1n) is 10.2. The molecule has 0 aliphatic carbocycles. The van der Waals surface area contributed by atoms with Gasteiger partial charge in [0.05, 0.1) is 10.6 Å². The Bertz CT molecular complexity index is 1460. The van der Waals surface area contributed by atoms with Crippen molar-refractivity contribution in [3.8, 4) is 0 Å². The van der Waals surface area contributed by atoms with E-state index in [0.717, 1.165) is 0 Å². The first-order chi connectivity index (χ1) is 15.7. The number of halogens is 1. The number of amides is 1. The Hall–Kier alpha value is -3.78. The number of benzene rings is 3. The Labute approximate surface area is 190 Å². The van der Waals surface area contributed by atoms with E-state index in [2.05, 4.69) is 5.32 Å². The fourth-order valence-corrected chi connectivity index (χ4v) is 5.22. The highest BCUT2D eigenvalue weighted by atomic mass is 32.2. The van der Waals surface area contributed by atoms with Crippen molar-refractivity contribution in [1.82, 2.24) is 4.57 Å². The lowest BCUT2D eigenvalue weighted by Gasteiger charge is -2.08. The number of aromatic nitrogens is 1. The van der Waals surface area contributed by atoms with E-state index < -0.39 is 15.7 Å². The van der Waals surface area contributed by atoms with Gasteiger partial charge in [-0.05, 0) is 42.8 Å². The predicted octanol–water partition coefficient (Wildman–Crippen LogP) is 4.60. The minimum atomic E-state index is -3.75. The summed E-state index contributed by atoms with van der Waals surface area (Å²) < 4.78 is 41.1. The van der Waals surface area contributed by atoms with Gasteiger partial charge in [0.25, 0.3) is 0 Å². The van der Waals surface area contributed by atoms with Crippen LogP contribution in [-0.4, -0.2) is 24.7 Å². The molecule has 0 saturated carbocycles. The number of hydrogen-bond donors (Lipinski definition) is 1. The molecule has 1 aromatic heterocycles. The first-order valence-corrected chi connectivity index (χ1v) is 11.8. The summed E-state index contributed by atoms with van der Waals surface area (Å²) in [5.41, 5.74) is 2.03. The maximum absolute atomic E-state index is 13.2. The van der Waals surface area contributed by atoms with Gasteiger partial charge in [-0.3, -0.25) is 9.59 Å². The highest BCUT2D eigenvalue weighted by Crippen LogP contribution is 2.28. The smallest absolute Gasteiger partial charge is 0.244 e. The number of hydrogen-bond acceptors (Lipinski definition) is 4. The maximum Gasteiger partial charge on any atom is 0.244 e. The zero-order valence-corrected chi connectivity index (χ0v) is 18.6. The molecule has 0 atom stereocenters. The monoisotopic (exact) mass is 464 g/mol. The third kappa shape index (κ3) is 5.01. The Morgan fingerprint density at radius 1 is 0.970 bits per heavy atom. The highest BCUT2D eigenvalue weighted by molar-refractivity contribution is 7.90. The Kier molecular flexibility index (Phi) is 6.11. The van der Waals surface area contributed by atoms with Crippen LogP contribution >= 0.6 is 0 Å². The van der Waals surface area contributed by atoms with Gasteiger partial charge >= 0.3 is 0 Å². The lowest BCUT2D eigenvalue weighted by molar-refractivity contribution is -0.116. The lowest BCUT2D eigenvalue weighted by atomic mass is 10.1. The molecule has 168 valence electrons. The summed E-state index contributed by atoms with van der Waals surface area (Å²) in [4.78, 5) is 24.4. The Morgan fingerprint density at radius 2 is 1.70 bits per heavy atom. The first kappa shape index (κ1) is 22.4. The van der Waals surface area contributed by atoms with Gasteiger partial charge in [-0.25, -0.2) is 12.8 Å². The van der Waals surface area contributed by atoms with E-state index >= 15 is 0 Å². The van der Waals surface area contributed by atoms with E-state index in [1.807, 2.05) is 0 Å². The summed E-state index contributed by atoms with van der Waals surface area (Å²) in [6.45, 7) is 1.33. The van der Waals surface area contributed by atoms with Crippen molar-refractivity contribution in [2.45, 2.75) is 24.1 Å². The zero-order chi connectivity index (χ0) is 23.6. The van der Waals surface area contributed by atoms with Crippen molar-refractivity contribution in [2.24, 2.45) is 0 Å². The van der Waals surface area contributed by atoms with Crippen LogP contribution in [0.15, 0.2) is 83.9 Å². The molecule has 0 spiro atoms. The molecule has 8 heteroatoms. The quantitative estimate of drug-likeness (QED) is 0.405. The number of ketones is 1. The third-order valence-electron chi connectivity index (χ3n) is 5.22. The number of nitrogens with zero attached hydrogens (tertiary/aromatic N) is 1. The van der Waals surface area contributed by atoms with Crippen LogP contribution in [0.2, 0.25) is 0 Å². The summed E-state index contributed by atoms with van der Waals surface area (Å²) >= 11 is 0. The van der Waals surface area contributed by atoms with Crippen LogP contribution < -0.4 is 5.32 Å². The number of fused-ring (bicyclic) bond motifs is 1. The molecule has 0 radical (unpaired) electrons. The van der Waals surface area contributed by atoms with Crippen molar-refractivity contribution in [1.29, 1.82) is 0 Å². The molecule has 33 heavy (non-hydrogen) atoms. The molecule has 0 aliphatic rings. The summed E-state index contributed by atoms with van der Waals surface area (Å²) in [6, 6.07) is 18.9. The van der Waals surface area contributed by atoms with Crippen LogP contribution in [-0.2, 0) is 26.9 Å². The third-order valence-corrected chi connectivity index (χ3v) is 6.93. The standard InChI is InChI=1S/C25H21FN2O4S/c1-17(29)19-5-4-6-21(13-19)27-25(30)15-28-14-24(22-7-2-3-8-23(22)28)33(31,32)16-18-9-11-20(26)12-10-18/h2-14H,15-16H2,1H3,(H,27,30). The average Bonchev–Trinajstić information content (AvgIpc) is 3.15. The molecule has 0 fully saturated rings. The minimum absolute atomic E-state index is 0.105. The minimum Gasteiger partial charge on any atom is -0.337 e. The summed E-state index contributed by atoms with van der Waals surface area (Å²) in [5.74, 6) is -1.20. The van der Waals surface area contributed by atoms with Gasteiger partial charge in [0.2, 0.25) is 5.91 Å². The van der Waals surface area contributed by atoms with E-state index in [1.54, 1.807) is 53.1 Å². The van der Waals surface area contributed by atoms with E-state index in [9.17, 15) is 22.4 Å². The molecule has 0 unspecified atom stereocenters. The van der Waals surface area contributed by atoms with Gasteiger partial charge in [0, 0.05) is 28.4 Å². The van der Waals surface area contributed by atoms with Crippen LogP contribution in [0.1, 0.15) is 22.8 Å². The van der Waals surface area contributed by atoms with Crippen LogP contribution in [0, 0.1) is 5.82 Å². The van der Waals surface area contributed by atoms with Gasteiger partial charge in [-0.15, -0.1) is 0 Å².